The summed E-state index contributed by atoms with van der Waals surface area (Å²) in [6.07, 6.45) is 4.38. The number of ether oxygens (including phenoxy) is 2. The van der Waals surface area contributed by atoms with Crippen LogP contribution >= 0.6 is 0 Å². The van der Waals surface area contributed by atoms with Crippen LogP contribution in [0, 0.1) is 0 Å². The van der Waals surface area contributed by atoms with Crippen molar-refractivity contribution < 1.29 is 9.47 Å². The van der Waals surface area contributed by atoms with E-state index in [0.717, 1.165) is 66.2 Å². The summed E-state index contributed by atoms with van der Waals surface area (Å²) in [4.78, 5) is 12.1. The summed E-state index contributed by atoms with van der Waals surface area (Å²) in [6, 6.07) is 19.0. The normalized spacial score (nSPS) is 17.5. The molecular weight excluding hydrogens is 490 g/mol. The first-order chi connectivity index (χ1) is 19.1. The van der Waals surface area contributed by atoms with Crippen molar-refractivity contribution in [3.05, 3.63) is 60.8 Å². The molecule has 204 valence electrons. The molecule has 2 fully saturated rings. The largest absolute Gasteiger partial charge is 0.496 e. The number of piperidine rings is 1. The molecule has 0 spiro atoms. The summed E-state index contributed by atoms with van der Waals surface area (Å²) in [5.74, 6) is 2.06. The van der Waals surface area contributed by atoms with E-state index in [-0.39, 0.29) is 0 Å². The number of hydrogen-bond acceptors (Lipinski definition) is 8. The van der Waals surface area contributed by atoms with E-state index >= 15 is 0 Å². The van der Waals surface area contributed by atoms with E-state index in [2.05, 4.69) is 50.2 Å². The van der Waals surface area contributed by atoms with E-state index < -0.39 is 0 Å². The maximum absolute atomic E-state index is 5.79. The topological polar surface area (TPSA) is 70.4 Å². The first kappa shape index (κ1) is 25.5. The average Bonchev–Trinajstić information content (AvgIpc) is 3.41. The van der Waals surface area contributed by atoms with E-state index in [1.807, 2.05) is 47.1 Å². The monoisotopic (exact) mass is 527 g/mol. The van der Waals surface area contributed by atoms with Crippen LogP contribution in [0.4, 0.5) is 17.3 Å². The van der Waals surface area contributed by atoms with Crippen molar-refractivity contribution in [2.24, 2.45) is 0 Å². The number of fused-ring (bicyclic) bond motifs is 1. The highest BCUT2D eigenvalue weighted by Crippen LogP contribution is 2.33. The molecule has 9 heteroatoms. The molecule has 6 rings (SSSR count). The van der Waals surface area contributed by atoms with Crippen molar-refractivity contribution >= 4 is 22.8 Å². The Hall–Kier alpha value is -3.82. The Morgan fingerprint density at radius 2 is 1.62 bits per heavy atom. The average molecular weight is 528 g/mol. The van der Waals surface area contributed by atoms with Crippen LogP contribution in [0.25, 0.3) is 16.8 Å². The Kier molecular flexibility index (Phi) is 7.26. The summed E-state index contributed by atoms with van der Waals surface area (Å²) in [7, 11) is 5.62. The van der Waals surface area contributed by atoms with Gasteiger partial charge in [0.05, 0.1) is 37.3 Å². The molecule has 0 aliphatic carbocycles. The molecule has 2 aliphatic rings. The van der Waals surface area contributed by atoms with Gasteiger partial charge in [-0.2, -0.15) is 0 Å². The van der Waals surface area contributed by atoms with Crippen molar-refractivity contribution in [2.45, 2.75) is 18.9 Å². The van der Waals surface area contributed by atoms with Crippen LogP contribution in [-0.4, -0.2) is 91.0 Å². The number of rotatable bonds is 7. The van der Waals surface area contributed by atoms with Gasteiger partial charge in [0.25, 0.3) is 0 Å². The molecule has 1 N–H and O–H groups in total. The molecule has 2 aromatic heterocycles. The Labute approximate surface area is 229 Å². The summed E-state index contributed by atoms with van der Waals surface area (Å²) in [5.41, 5.74) is 4.83. The van der Waals surface area contributed by atoms with Gasteiger partial charge in [0.1, 0.15) is 11.5 Å². The Balaban J connectivity index is 1.17. The molecule has 2 saturated heterocycles. The van der Waals surface area contributed by atoms with Gasteiger partial charge in [-0.05, 0) is 69.4 Å². The van der Waals surface area contributed by atoms with Crippen LogP contribution in [0.2, 0.25) is 0 Å². The Morgan fingerprint density at radius 1 is 0.846 bits per heavy atom. The highest BCUT2D eigenvalue weighted by atomic mass is 16.5. The lowest BCUT2D eigenvalue weighted by atomic mass is 10.0. The van der Waals surface area contributed by atoms with E-state index in [0.29, 0.717) is 5.95 Å². The number of methoxy groups -OCH3 is 2. The van der Waals surface area contributed by atoms with Crippen molar-refractivity contribution in [3.63, 3.8) is 0 Å². The standard InChI is InChI=1S/C30H37N7O2/c1-34-14-12-22(13-15-34)35-16-18-36(19-17-35)23-8-10-26(29(20-23)39-3)32-30-31-21-24-9-11-27(37(24)33-30)25-6-4-5-7-28(25)38-2/h4-11,20-22H,12-19H2,1-3H3,(H,32,33). The molecular formula is C30H37N7O2. The fourth-order valence-electron chi connectivity index (χ4n) is 5.82. The molecule has 4 heterocycles. The molecule has 0 bridgehead atoms. The summed E-state index contributed by atoms with van der Waals surface area (Å²) >= 11 is 0. The number of benzene rings is 2. The lowest BCUT2D eigenvalue weighted by Crippen LogP contribution is -2.53. The first-order valence-electron chi connectivity index (χ1n) is 13.7. The fourth-order valence-corrected chi connectivity index (χ4v) is 5.82. The van der Waals surface area contributed by atoms with E-state index in [1.54, 1.807) is 14.2 Å². The molecule has 0 unspecified atom stereocenters. The van der Waals surface area contributed by atoms with Crippen LogP contribution in [0.3, 0.4) is 0 Å². The quantitative estimate of drug-likeness (QED) is 0.380. The molecule has 0 atom stereocenters. The van der Waals surface area contributed by atoms with Crippen LogP contribution in [0.15, 0.2) is 60.8 Å². The second kappa shape index (κ2) is 11.1. The predicted molar refractivity (Wildman–Crippen MR) is 156 cm³/mol. The number of para-hydroxylation sites is 1. The molecule has 0 amide bonds. The van der Waals surface area contributed by atoms with Gasteiger partial charge in [0, 0.05) is 49.5 Å². The van der Waals surface area contributed by atoms with Gasteiger partial charge in [-0.1, -0.05) is 12.1 Å². The Bertz CT molecular complexity index is 1420. The van der Waals surface area contributed by atoms with Crippen LogP contribution in [0.5, 0.6) is 11.5 Å². The number of nitrogens with zero attached hydrogens (tertiary/aromatic N) is 6. The molecule has 0 saturated carbocycles. The third-order valence-corrected chi connectivity index (χ3v) is 8.10. The molecule has 2 aromatic carbocycles. The predicted octanol–water partition coefficient (Wildman–Crippen LogP) is 4.37. The van der Waals surface area contributed by atoms with Gasteiger partial charge >= 0.3 is 0 Å². The van der Waals surface area contributed by atoms with Gasteiger partial charge in [0.15, 0.2) is 0 Å². The van der Waals surface area contributed by atoms with Crippen LogP contribution in [-0.2, 0) is 0 Å². The maximum Gasteiger partial charge on any atom is 0.245 e. The number of piperazine rings is 1. The summed E-state index contributed by atoms with van der Waals surface area (Å²) in [6.45, 7) is 6.69. The fraction of sp³-hybridized carbons (Fsp3) is 0.400. The lowest BCUT2D eigenvalue weighted by molar-refractivity contribution is 0.115. The van der Waals surface area contributed by atoms with Crippen molar-refractivity contribution in [1.29, 1.82) is 0 Å². The highest BCUT2D eigenvalue weighted by molar-refractivity contribution is 5.72. The molecule has 39 heavy (non-hydrogen) atoms. The molecule has 2 aliphatic heterocycles. The summed E-state index contributed by atoms with van der Waals surface area (Å²) in [5, 5.41) is 8.16. The zero-order chi connectivity index (χ0) is 26.8. The van der Waals surface area contributed by atoms with Gasteiger partial charge < -0.3 is 24.6 Å². The first-order valence-corrected chi connectivity index (χ1v) is 13.7. The van der Waals surface area contributed by atoms with E-state index in [1.165, 1.54) is 31.6 Å². The third-order valence-electron chi connectivity index (χ3n) is 8.10. The minimum atomic E-state index is 0.493. The van der Waals surface area contributed by atoms with Crippen molar-refractivity contribution in [2.75, 3.05) is 70.8 Å². The number of nitrogens with one attached hydrogen (secondary N) is 1. The van der Waals surface area contributed by atoms with Crippen LogP contribution < -0.4 is 19.7 Å². The number of aromatic nitrogens is 3. The van der Waals surface area contributed by atoms with Gasteiger partial charge in [-0.3, -0.25) is 4.90 Å². The van der Waals surface area contributed by atoms with E-state index in [9.17, 15) is 0 Å². The minimum Gasteiger partial charge on any atom is -0.496 e. The maximum atomic E-state index is 5.79. The minimum absolute atomic E-state index is 0.493. The second-order valence-electron chi connectivity index (χ2n) is 10.4. The SMILES string of the molecule is COc1cc(N2CCN(C3CCN(C)CC3)CC2)ccc1Nc1ncc2ccc(-c3ccccc3OC)n2n1. The lowest BCUT2D eigenvalue weighted by Gasteiger charge is -2.43. The van der Waals surface area contributed by atoms with Gasteiger partial charge in [0.2, 0.25) is 5.95 Å². The number of hydrogen-bond donors (Lipinski definition) is 1. The highest BCUT2D eigenvalue weighted by Gasteiger charge is 2.27. The number of likely N-dealkylation sites (tertiary alicyclic amines) is 1. The zero-order valence-corrected chi connectivity index (χ0v) is 23.0. The molecule has 9 nitrogen and oxygen atoms in total. The number of anilines is 3. The third kappa shape index (κ3) is 5.24. The van der Waals surface area contributed by atoms with Crippen molar-refractivity contribution in [3.8, 4) is 22.8 Å². The van der Waals surface area contributed by atoms with Gasteiger partial charge in [-0.15, -0.1) is 5.10 Å². The summed E-state index contributed by atoms with van der Waals surface area (Å²) < 4.78 is 13.3. The Morgan fingerprint density at radius 3 is 2.38 bits per heavy atom. The van der Waals surface area contributed by atoms with Crippen molar-refractivity contribution in [1.82, 2.24) is 24.4 Å². The zero-order valence-electron chi connectivity index (χ0n) is 23.0. The molecule has 0 radical (unpaired) electrons. The smallest absolute Gasteiger partial charge is 0.245 e. The van der Waals surface area contributed by atoms with Gasteiger partial charge in [-0.25, -0.2) is 9.50 Å². The van der Waals surface area contributed by atoms with E-state index in [4.69, 9.17) is 14.6 Å². The molecule has 4 aromatic rings. The second-order valence-corrected chi connectivity index (χ2v) is 10.4. The van der Waals surface area contributed by atoms with Crippen LogP contribution in [0.1, 0.15) is 12.8 Å².